The molecule has 1 atom stereocenters. The van der Waals surface area contributed by atoms with Crippen LogP contribution in [-0.2, 0) is 6.42 Å². The minimum atomic E-state index is -0.363. The van der Waals surface area contributed by atoms with Gasteiger partial charge in [0.15, 0.2) is 0 Å². The summed E-state index contributed by atoms with van der Waals surface area (Å²) in [4.78, 5) is 4.29. The highest BCUT2D eigenvalue weighted by molar-refractivity contribution is 5.29. The molecule has 0 aliphatic carbocycles. The molecule has 18 heavy (non-hydrogen) atoms. The molecule has 0 saturated carbocycles. The number of aromatic nitrogens is 1. The maximum atomic E-state index is 14.0. The number of halogens is 1. The summed E-state index contributed by atoms with van der Waals surface area (Å²) < 4.78 is 14.0. The van der Waals surface area contributed by atoms with E-state index in [0.29, 0.717) is 17.5 Å². The van der Waals surface area contributed by atoms with Gasteiger partial charge in [-0.2, -0.15) is 0 Å². The van der Waals surface area contributed by atoms with Crippen molar-refractivity contribution in [2.24, 2.45) is 5.73 Å². The number of hydrogen-bond acceptors (Lipinski definition) is 2. The number of rotatable bonds is 3. The van der Waals surface area contributed by atoms with E-state index < -0.39 is 0 Å². The Labute approximate surface area is 107 Å². The predicted molar refractivity (Wildman–Crippen MR) is 70.7 cm³/mol. The summed E-state index contributed by atoms with van der Waals surface area (Å²) in [5, 5.41) is 0. The van der Waals surface area contributed by atoms with E-state index in [0.717, 1.165) is 11.3 Å². The van der Waals surface area contributed by atoms with Crippen LogP contribution in [0.15, 0.2) is 36.5 Å². The Hall–Kier alpha value is -1.74. The molecule has 3 heteroatoms. The van der Waals surface area contributed by atoms with Crippen molar-refractivity contribution < 1.29 is 4.39 Å². The highest BCUT2D eigenvalue weighted by Crippen LogP contribution is 2.21. The van der Waals surface area contributed by atoms with Crippen molar-refractivity contribution in [3.05, 3.63) is 64.7 Å². The van der Waals surface area contributed by atoms with Gasteiger partial charge in [-0.05, 0) is 31.0 Å². The maximum Gasteiger partial charge on any atom is 0.130 e. The molecule has 2 nitrogen and oxygen atoms in total. The maximum absolute atomic E-state index is 14.0. The van der Waals surface area contributed by atoms with E-state index in [-0.39, 0.29) is 11.9 Å². The SMILES string of the molecule is Cc1cccnc1CC(N)c1cccc(C)c1F. The van der Waals surface area contributed by atoms with Crippen LogP contribution in [0.25, 0.3) is 0 Å². The Balaban J connectivity index is 2.25. The molecule has 0 radical (unpaired) electrons. The fourth-order valence-corrected chi connectivity index (χ4v) is 2.01. The Morgan fingerprint density at radius 3 is 2.61 bits per heavy atom. The molecule has 1 unspecified atom stereocenters. The van der Waals surface area contributed by atoms with Crippen LogP contribution < -0.4 is 5.73 Å². The highest BCUT2D eigenvalue weighted by Gasteiger charge is 2.14. The van der Waals surface area contributed by atoms with Crippen molar-refractivity contribution in [2.45, 2.75) is 26.3 Å². The third-order valence-electron chi connectivity index (χ3n) is 3.15. The average Bonchev–Trinajstić information content (AvgIpc) is 2.35. The van der Waals surface area contributed by atoms with E-state index in [9.17, 15) is 4.39 Å². The second-order valence-electron chi connectivity index (χ2n) is 4.56. The average molecular weight is 244 g/mol. The number of benzene rings is 1. The second kappa shape index (κ2) is 5.27. The normalized spacial score (nSPS) is 12.4. The molecular weight excluding hydrogens is 227 g/mol. The van der Waals surface area contributed by atoms with Crippen LogP contribution in [0.1, 0.15) is 28.4 Å². The molecule has 0 bridgehead atoms. The second-order valence-corrected chi connectivity index (χ2v) is 4.56. The molecular formula is C15H17FN2. The number of nitrogens with zero attached hydrogens (tertiary/aromatic N) is 1. The van der Waals surface area contributed by atoms with E-state index in [1.807, 2.05) is 25.1 Å². The quantitative estimate of drug-likeness (QED) is 0.901. The Morgan fingerprint density at radius 1 is 1.17 bits per heavy atom. The molecule has 2 aromatic rings. The van der Waals surface area contributed by atoms with Gasteiger partial charge in [0, 0.05) is 29.9 Å². The monoisotopic (exact) mass is 244 g/mol. The first-order valence-corrected chi connectivity index (χ1v) is 6.00. The largest absolute Gasteiger partial charge is 0.324 e. The number of nitrogens with two attached hydrogens (primary N) is 1. The molecule has 0 fully saturated rings. The van der Waals surface area contributed by atoms with Crippen LogP contribution in [-0.4, -0.2) is 4.98 Å². The molecule has 0 spiro atoms. The van der Waals surface area contributed by atoms with Gasteiger partial charge in [0.05, 0.1) is 0 Å². The lowest BCUT2D eigenvalue weighted by molar-refractivity contribution is 0.570. The first-order valence-electron chi connectivity index (χ1n) is 6.00. The van der Waals surface area contributed by atoms with Crippen LogP contribution in [0, 0.1) is 19.7 Å². The zero-order chi connectivity index (χ0) is 13.1. The molecule has 1 aromatic heterocycles. The van der Waals surface area contributed by atoms with E-state index in [2.05, 4.69) is 4.98 Å². The van der Waals surface area contributed by atoms with Gasteiger partial charge in [-0.25, -0.2) is 4.39 Å². The molecule has 2 N–H and O–H groups in total. The third kappa shape index (κ3) is 2.57. The lowest BCUT2D eigenvalue weighted by atomic mass is 9.98. The minimum Gasteiger partial charge on any atom is -0.324 e. The van der Waals surface area contributed by atoms with Gasteiger partial charge in [0.25, 0.3) is 0 Å². The smallest absolute Gasteiger partial charge is 0.130 e. The third-order valence-corrected chi connectivity index (χ3v) is 3.15. The van der Waals surface area contributed by atoms with Crippen LogP contribution in [0.4, 0.5) is 4.39 Å². The fraction of sp³-hybridized carbons (Fsp3) is 0.267. The van der Waals surface area contributed by atoms with Crippen LogP contribution >= 0.6 is 0 Å². The molecule has 0 aliphatic heterocycles. The predicted octanol–water partition coefficient (Wildman–Crippen LogP) is 3.08. The molecule has 2 rings (SSSR count). The lowest BCUT2D eigenvalue weighted by Gasteiger charge is -2.14. The van der Waals surface area contributed by atoms with Crippen molar-refractivity contribution in [1.29, 1.82) is 0 Å². The molecule has 0 amide bonds. The Morgan fingerprint density at radius 2 is 1.89 bits per heavy atom. The van der Waals surface area contributed by atoms with E-state index in [1.54, 1.807) is 25.3 Å². The van der Waals surface area contributed by atoms with Gasteiger partial charge in [-0.1, -0.05) is 24.3 Å². The number of aryl methyl sites for hydroxylation is 2. The molecule has 94 valence electrons. The summed E-state index contributed by atoms with van der Waals surface area (Å²) in [7, 11) is 0. The zero-order valence-electron chi connectivity index (χ0n) is 10.7. The summed E-state index contributed by atoms with van der Waals surface area (Å²) in [5.74, 6) is -0.210. The number of pyridine rings is 1. The van der Waals surface area contributed by atoms with Gasteiger partial charge in [-0.15, -0.1) is 0 Å². The topological polar surface area (TPSA) is 38.9 Å². The van der Waals surface area contributed by atoms with Gasteiger partial charge in [0.2, 0.25) is 0 Å². The highest BCUT2D eigenvalue weighted by atomic mass is 19.1. The fourth-order valence-electron chi connectivity index (χ4n) is 2.01. The van der Waals surface area contributed by atoms with Gasteiger partial charge < -0.3 is 5.73 Å². The van der Waals surface area contributed by atoms with Crippen LogP contribution in [0.2, 0.25) is 0 Å². The molecule has 0 saturated heterocycles. The summed E-state index contributed by atoms with van der Waals surface area (Å²) in [6.45, 7) is 3.74. The summed E-state index contributed by atoms with van der Waals surface area (Å²) >= 11 is 0. The summed E-state index contributed by atoms with van der Waals surface area (Å²) in [6.07, 6.45) is 2.29. The summed E-state index contributed by atoms with van der Waals surface area (Å²) in [6, 6.07) is 8.83. The zero-order valence-corrected chi connectivity index (χ0v) is 10.7. The first-order chi connectivity index (χ1) is 8.59. The van der Waals surface area contributed by atoms with Gasteiger partial charge in [0.1, 0.15) is 5.82 Å². The lowest BCUT2D eigenvalue weighted by Crippen LogP contribution is -2.16. The van der Waals surface area contributed by atoms with Crippen molar-refractivity contribution in [1.82, 2.24) is 4.98 Å². The van der Waals surface area contributed by atoms with Crippen molar-refractivity contribution in [3.8, 4) is 0 Å². The van der Waals surface area contributed by atoms with Gasteiger partial charge >= 0.3 is 0 Å². The standard InChI is InChI=1S/C15H17FN2/c1-10-6-4-8-18-14(10)9-13(17)12-7-3-5-11(2)15(12)16/h3-8,13H,9,17H2,1-2H3. The van der Waals surface area contributed by atoms with Crippen molar-refractivity contribution in [3.63, 3.8) is 0 Å². The van der Waals surface area contributed by atoms with Crippen LogP contribution in [0.3, 0.4) is 0 Å². The van der Waals surface area contributed by atoms with Crippen molar-refractivity contribution >= 4 is 0 Å². The van der Waals surface area contributed by atoms with E-state index in [1.165, 1.54) is 0 Å². The molecule has 1 aromatic carbocycles. The molecule has 1 heterocycles. The minimum absolute atomic E-state index is 0.210. The van der Waals surface area contributed by atoms with Crippen LogP contribution in [0.5, 0.6) is 0 Å². The first kappa shape index (κ1) is 12.7. The summed E-state index contributed by atoms with van der Waals surface area (Å²) in [5.41, 5.74) is 9.27. The van der Waals surface area contributed by atoms with Crippen molar-refractivity contribution in [2.75, 3.05) is 0 Å². The van der Waals surface area contributed by atoms with E-state index in [4.69, 9.17) is 5.73 Å². The van der Waals surface area contributed by atoms with E-state index >= 15 is 0 Å². The van der Waals surface area contributed by atoms with Gasteiger partial charge in [-0.3, -0.25) is 4.98 Å². The Bertz CT molecular complexity index is 552. The number of hydrogen-bond donors (Lipinski definition) is 1. The Kier molecular flexibility index (Phi) is 3.72. The molecule has 0 aliphatic rings.